The number of unbranched alkanes of at least 4 members (excludes halogenated alkanes) is 33. The van der Waals surface area contributed by atoms with E-state index >= 15 is 0 Å². The highest BCUT2D eigenvalue weighted by molar-refractivity contribution is 5.76. The number of nitrogens with one attached hydrogen (secondary N) is 1. The van der Waals surface area contributed by atoms with Crippen LogP contribution in [0, 0.1) is 0 Å². The minimum Gasteiger partial charge on any atom is -0.394 e. The summed E-state index contributed by atoms with van der Waals surface area (Å²) in [5, 5.41) is 87.7. The summed E-state index contributed by atoms with van der Waals surface area (Å²) in [6.07, 6.45) is 85.3. The van der Waals surface area contributed by atoms with E-state index in [0.717, 1.165) is 109 Å². The number of rotatable bonds is 66. The Kier molecular flexibility index (Phi) is 62.9. The molecule has 12 atom stereocenters. The van der Waals surface area contributed by atoms with Crippen molar-refractivity contribution in [3.05, 3.63) is 134 Å². The maximum Gasteiger partial charge on any atom is 0.220 e. The SMILES string of the molecule is CC/C=C\C/C=C\C/C=C\C/C=C\C/C=C\C/C=C\C/C=C\C/C=C\CCCCCCCCCCC(=O)NC(COC1OC(CO)C(OC2OC(CO)C(O)C(O)C2O)C(O)C1O)C(O)/C=C/CC/C=C/CC/C=C/CCCCCCCCCCCCCCCCCCCCCCCCC. The fourth-order valence-corrected chi connectivity index (χ4v) is 12.5. The molecule has 100 heavy (non-hydrogen) atoms. The molecule has 12 unspecified atom stereocenters. The number of ether oxygens (including phenoxy) is 4. The van der Waals surface area contributed by atoms with Gasteiger partial charge in [-0.1, -0.05) is 327 Å². The predicted octanol–water partition coefficient (Wildman–Crippen LogP) is 18.6. The molecule has 9 N–H and O–H groups in total. The average molecular weight is 1400 g/mol. The van der Waals surface area contributed by atoms with Crippen LogP contribution in [0.25, 0.3) is 0 Å². The number of aliphatic hydroxyl groups is 8. The van der Waals surface area contributed by atoms with Gasteiger partial charge in [-0.15, -0.1) is 0 Å². The Hall–Kier alpha value is -3.87. The van der Waals surface area contributed by atoms with Crippen molar-refractivity contribution in [3.8, 4) is 0 Å². The Labute approximate surface area is 609 Å². The molecular weight excluding hydrogens is 1250 g/mol. The van der Waals surface area contributed by atoms with E-state index in [4.69, 9.17) is 18.9 Å². The van der Waals surface area contributed by atoms with E-state index in [9.17, 15) is 45.6 Å². The third kappa shape index (κ3) is 50.5. The first-order valence-corrected chi connectivity index (χ1v) is 40.4. The molecule has 574 valence electrons. The Morgan fingerprint density at radius 1 is 0.370 bits per heavy atom. The van der Waals surface area contributed by atoms with Crippen LogP contribution in [0.3, 0.4) is 0 Å². The fourth-order valence-electron chi connectivity index (χ4n) is 12.5. The zero-order valence-corrected chi connectivity index (χ0v) is 62.9. The fraction of sp³-hybridized carbons (Fsp3) is 0.733. The van der Waals surface area contributed by atoms with Gasteiger partial charge < -0.3 is 65.1 Å². The largest absolute Gasteiger partial charge is 0.394 e. The van der Waals surface area contributed by atoms with Gasteiger partial charge in [-0.3, -0.25) is 4.79 Å². The molecule has 0 saturated carbocycles. The van der Waals surface area contributed by atoms with E-state index < -0.39 is 86.8 Å². The van der Waals surface area contributed by atoms with Crippen molar-refractivity contribution >= 4 is 5.91 Å². The van der Waals surface area contributed by atoms with Gasteiger partial charge in [-0.05, 0) is 109 Å². The first kappa shape index (κ1) is 92.2. The van der Waals surface area contributed by atoms with Crippen LogP contribution in [-0.2, 0) is 23.7 Å². The highest BCUT2D eigenvalue weighted by atomic mass is 16.7. The standard InChI is InChI=1S/C86H147NO13/c1-3-5-7-9-11-13-15-17-19-21-23-25-27-29-31-33-35-37-39-41-43-45-47-49-51-53-55-57-59-61-63-65-67-69-75(90)74(73-97-85-83(96)81(94)84(77(72-89)99-85)100-86-82(95)80(93)79(92)76(71-88)98-86)87-78(91)70-68-66-64-62-60-58-56-54-52-50-48-46-44-42-40-38-36-34-32-30-28-26-24-22-20-18-16-14-12-10-8-6-4-2/h6,8,12,14,18,20,24,26,30,32,36,38,42,44,48,50-51,53,59,61,67,69,74-77,79-86,88-90,92-96H,3-5,7,9-11,13,15-17,19,21-23,25,27-29,31,33-35,37,39-41,43,45-47,49,52,54-58,60,62-66,68,70-73H2,1-2H3,(H,87,91)/b8-6-,14-12-,20-18-,26-24-,32-30-,38-36-,44-42-,50-48-,53-51+,61-59+,69-67+. The van der Waals surface area contributed by atoms with Crippen molar-refractivity contribution in [2.24, 2.45) is 0 Å². The summed E-state index contributed by atoms with van der Waals surface area (Å²) in [5.74, 6) is -0.265. The molecule has 14 heteroatoms. The van der Waals surface area contributed by atoms with Crippen LogP contribution in [-0.4, -0.2) is 140 Å². The van der Waals surface area contributed by atoms with Crippen molar-refractivity contribution in [2.45, 2.75) is 383 Å². The molecule has 0 spiro atoms. The molecule has 2 rings (SSSR count). The number of carbonyl (C=O) groups is 1. The zero-order chi connectivity index (χ0) is 72.2. The Morgan fingerprint density at radius 3 is 1.10 bits per heavy atom. The van der Waals surface area contributed by atoms with E-state index in [1.165, 1.54) is 167 Å². The van der Waals surface area contributed by atoms with E-state index in [0.29, 0.717) is 12.8 Å². The summed E-state index contributed by atoms with van der Waals surface area (Å²) in [4.78, 5) is 13.4. The maximum atomic E-state index is 13.4. The van der Waals surface area contributed by atoms with Crippen LogP contribution in [0.4, 0.5) is 0 Å². The molecule has 2 aliphatic rings. The smallest absolute Gasteiger partial charge is 0.220 e. The lowest BCUT2D eigenvalue weighted by Crippen LogP contribution is -2.65. The molecule has 2 heterocycles. The second kappa shape index (κ2) is 68.3. The molecule has 0 aromatic rings. The molecule has 0 aromatic carbocycles. The maximum absolute atomic E-state index is 13.4. The van der Waals surface area contributed by atoms with Gasteiger partial charge in [-0.2, -0.15) is 0 Å². The summed E-state index contributed by atoms with van der Waals surface area (Å²) in [7, 11) is 0. The number of carbonyl (C=O) groups excluding carboxylic acids is 1. The van der Waals surface area contributed by atoms with Gasteiger partial charge in [-0.25, -0.2) is 0 Å². The van der Waals surface area contributed by atoms with Crippen LogP contribution >= 0.6 is 0 Å². The van der Waals surface area contributed by atoms with Crippen molar-refractivity contribution in [2.75, 3.05) is 19.8 Å². The monoisotopic (exact) mass is 1400 g/mol. The Balaban J connectivity index is 1.66. The first-order chi connectivity index (χ1) is 49.1. The molecule has 14 nitrogen and oxygen atoms in total. The summed E-state index contributed by atoms with van der Waals surface area (Å²) in [5.41, 5.74) is 0. The molecule has 0 aromatic heterocycles. The van der Waals surface area contributed by atoms with Crippen LogP contribution in [0.15, 0.2) is 134 Å². The number of allylic oxidation sites excluding steroid dienone is 21. The van der Waals surface area contributed by atoms with Gasteiger partial charge in [0, 0.05) is 6.42 Å². The summed E-state index contributed by atoms with van der Waals surface area (Å²) >= 11 is 0. The molecular formula is C86H147NO13. The number of amides is 1. The third-order valence-corrected chi connectivity index (χ3v) is 18.8. The first-order valence-electron chi connectivity index (χ1n) is 40.4. The lowest BCUT2D eigenvalue weighted by molar-refractivity contribution is -0.359. The lowest BCUT2D eigenvalue weighted by Gasteiger charge is -2.46. The van der Waals surface area contributed by atoms with Crippen molar-refractivity contribution in [1.82, 2.24) is 5.32 Å². The van der Waals surface area contributed by atoms with Gasteiger partial charge >= 0.3 is 0 Å². The van der Waals surface area contributed by atoms with Crippen molar-refractivity contribution in [1.29, 1.82) is 0 Å². The minimum atomic E-state index is -1.80. The highest BCUT2D eigenvalue weighted by Gasteiger charge is 2.51. The summed E-state index contributed by atoms with van der Waals surface area (Å²) < 4.78 is 22.9. The molecule has 0 aliphatic carbocycles. The van der Waals surface area contributed by atoms with Crippen molar-refractivity contribution < 1.29 is 64.6 Å². The predicted molar refractivity (Wildman–Crippen MR) is 415 cm³/mol. The number of hydrogen-bond acceptors (Lipinski definition) is 13. The zero-order valence-electron chi connectivity index (χ0n) is 62.9. The van der Waals surface area contributed by atoms with Gasteiger partial charge in [0.05, 0.1) is 32.0 Å². The van der Waals surface area contributed by atoms with Crippen LogP contribution < -0.4 is 5.32 Å². The minimum absolute atomic E-state index is 0.251. The second-order valence-electron chi connectivity index (χ2n) is 27.8. The normalized spacial score (nSPS) is 22.6. The summed E-state index contributed by atoms with van der Waals surface area (Å²) in [6.45, 7) is 2.68. The van der Waals surface area contributed by atoms with E-state index in [1.807, 2.05) is 6.08 Å². The number of aliphatic hydroxyl groups excluding tert-OH is 8. The van der Waals surface area contributed by atoms with Crippen LogP contribution in [0.5, 0.6) is 0 Å². The van der Waals surface area contributed by atoms with Gasteiger partial charge in [0.15, 0.2) is 12.6 Å². The topological polar surface area (TPSA) is 228 Å². The highest BCUT2D eigenvalue weighted by Crippen LogP contribution is 2.30. The van der Waals surface area contributed by atoms with Crippen LogP contribution in [0.2, 0.25) is 0 Å². The van der Waals surface area contributed by atoms with Gasteiger partial charge in [0.2, 0.25) is 5.91 Å². The molecule has 2 aliphatic heterocycles. The van der Waals surface area contributed by atoms with E-state index in [1.54, 1.807) is 6.08 Å². The van der Waals surface area contributed by atoms with Crippen molar-refractivity contribution in [3.63, 3.8) is 0 Å². The molecule has 1 amide bonds. The van der Waals surface area contributed by atoms with E-state index in [2.05, 4.69) is 141 Å². The molecule has 2 saturated heterocycles. The molecule has 2 fully saturated rings. The quantitative estimate of drug-likeness (QED) is 0.0204. The van der Waals surface area contributed by atoms with Crippen LogP contribution in [0.1, 0.15) is 309 Å². The second-order valence-corrected chi connectivity index (χ2v) is 27.8. The summed E-state index contributed by atoms with van der Waals surface area (Å²) in [6, 6.07) is -0.955. The number of hydrogen-bond donors (Lipinski definition) is 9. The Bertz CT molecular complexity index is 2200. The average Bonchev–Trinajstić information content (AvgIpc) is 0.791. The molecule has 0 bridgehead atoms. The van der Waals surface area contributed by atoms with E-state index in [-0.39, 0.29) is 18.9 Å². The molecule has 0 radical (unpaired) electrons. The van der Waals surface area contributed by atoms with Gasteiger partial charge in [0.25, 0.3) is 0 Å². The lowest BCUT2D eigenvalue weighted by atomic mass is 9.97. The van der Waals surface area contributed by atoms with Gasteiger partial charge in [0.1, 0.15) is 48.8 Å². The third-order valence-electron chi connectivity index (χ3n) is 18.8. The Morgan fingerprint density at radius 2 is 0.700 bits per heavy atom.